The van der Waals surface area contributed by atoms with E-state index in [0.29, 0.717) is 11.0 Å². The van der Waals surface area contributed by atoms with E-state index in [1.165, 1.54) is 6.07 Å². The Morgan fingerprint density at radius 2 is 2.20 bits per heavy atom. The van der Waals surface area contributed by atoms with E-state index in [1.54, 1.807) is 12.1 Å². The van der Waals surface area contributed by atoms with E-state index in [0.717, 1.165) is 18.7 Å². The highest BCUT2D eigenvalue weighted by molar-refractivity contribution is 9.10. The summed E-state index contributed by atoms with van der Waals surface area (Å²) in [4.78, 5) is 2.10. The van der Waals surface area contributed by atoms with Crippen molar-refractivity contribution < 1.29 is 9.50 Å². The zero-order valence-electron chi connectivity index (χ0n) is 8.71. The van der Waals surface area contributed by atoms with Crippen LogP contribution in [0.2, 0.25) is 0 Å². The van der Waals surface area contributed by atoms with Gasteiger partial charge in [0.15, 0.2) is 0 Å². The Morgan fingerprint density at radius 1 is 1.47 bits per heavy atom. The normalized spacial score (nSPS) is 11.0. The van der Waals surface area contributed by atoms with Crippen molar-refractivity contribution in [3.05, 3.63) is 34.1 Å². The Morgan fingerprint density at radius 3 is 2.73 bits per heavy atom. The molecule has 0 atom stereocenters. The highest BCUT2D eigenvalue weighted by Crippen LogP contribution is 2.17. The summed E-state index contributed by atoms with van der Waals surface area (Å²) >= 11 is 3.15. The predicted molar refractivity (Wildman–Crippen MR) is 62.1 cm³/mol. The highest BCUT2D eigenvalue weighted by Gasteiger charge is 2.05. The Labute approximate surface area is 97.8 Å². The van der Waals surface area contributed by atoms with Crippen molar-refractivity contribution in [3.63, 3.8) is 0 Å². The molecular weight excluding hydrogens is 261 g/mol. The van der Waals surface area contributed by atoms with Crippen molar-refractivity contribution in [2.45, 2.75) is 13.5 Å². The number of halogens is 2. The fourth-order valence-corrected chi connectivity index (χ4v) is 1.81. The molecule has 15 heavy (non-hydrogen) atoms. The van der Waals surface area contributed by atoms with E-state index in [1.807, 2.05) is 6.92 Å². The van der Waals surface area contributed by atoms with Gasteiger partial charge in [-0.2, -0.15) is 0 Å². The molecule has 1 aromatic rings. The lowest BCUT2D eigenvalue weighted by molar-refractivity contribution is 0.197. The Balaban J connectivity index is 2.66. The minimum atomic E-state index is -0.246. The fourth-order valence-electron chi connectivity index (χ4n) is 1.39. The lowest BCUT2D eigenvalue weighted by Gasteiger charge is -2.19. The Bertz CT molecular complexity index is 319. The maximum Gasteiger partial charge on any atom is 0.137 e. The van der Waals surface area contributed by atoms with Gasteiger partial charge in [0.1, 0.15) is 5.82 Å². The molecule has 4 heteroatoms. The van der Waals surface area contributed by atoms with Gasteiger partial charge in [-0.05, 0) is 40.2 Å². The molecule has 0 aliphatic rings. The molecular formula is C11H15BrFNO. The van der Waals surface area contributed by atoms with Crippen molar-refractivity contribution in [1.82, 2.24) is 4.90 Å². The first kappa shape index (κ1) is 12.6. The number of likely N-dealkylation sites (N-methyl/N-ethyl adjacent to an activating group) is 1. The summed E-state index contributed by atoms with van der Waals surface area (Å²) in [5.41, 5.74) is 1.04. The van der Waals surface area contributed by atoms with E-state index in [2.05, 4.69) is 20.8 Å². The van der Waals surface area contributed by atoms with Crippen molar-refractivity contribution in [1.29, 1.82) is 0 Å². The molecule has 0 amide bonds. The third-order valence-electron chi connectivity index (χ3n) is 2.25. The molecule has 0 aromatic heterocycles. The SMILES string of the molecule is CCN(CCO)Cc1ccc(F)c(Br)c1. The highest BCUT2D eigenvalue weighted by atomic mass is 79.9. The van der Waals surface area contributed by atoms with Crippen LogP contribution in [0.25, 0.3) is 0 Å². The molecule has 84 valence electrons. The van der Waals surface area contributed by atoms with Crippen LogP contribution in [0.3, 0.4) is 0 Å². The standard InChI is InChI=1S/C11H15BrFNO/c1-2-14(5-6-15)8-9-3-4-11(13)10(12)7-9/h3-4,7,15H,2,5-6,8H2,1H3. The molecule has 0 aliphatic carbocycles. The van der Waals surface area contributed by atoms with Gasteiger partial charge in [0.25, 0.3) is 0 Å². The lowest BCUT2D eigenvalue weighted by atomic mass is 10.2. The van der Waals surface area contributed by atoms with E-state index in [9.17, 15) is 4.39 Å². The van der Waals surface area contributed by atoms with E-state index < -0.39 is 0 Å². The maximum atomic E-state index is 13.0. The van der Waals surface area contributed by atoms with E-state index in [-0.39, 0.29) is 12.4 Å². The molecule has 0 heterocycles. The van der Waals surface area contributed by atoms with Gasteiger partial charge >= 0.3 is 0 Å². The average Bonchev–Trinajstić information content (AvgIpc) is 2.23. The van der Waals surface area contributed by atoms with Crippen LogP contribution >= 0.6 is 15.9 Å². The zero-order chi connectivity index (χ0) is 11.3. The van der Waals surface area contributed by atoms with Crippen LogP contribution in [-0.4, -0.2) is 29.7 Å². The number of nitrogens with zero attached hydrogens (tertiary/aromatic N) is 1. The molecule has 1 aromatic carbocycles. The first-order valence-electron chi connectivity index (χ1n) is 4.94. The van der Waals surface area contributed by atoms with Crippen LogP contribution in [-0.2, 0) is 6.54 Å². The number of hydrogen-bond acceptors (Lipinski definition) is 2. The second-order valence-corrected chi connectivity index (χ2v) is 4.20. The van der Waals surface area contributed by atoms with Crippen molar-refractivity contribution in [2.24, 2.45) is 0 Å². The van der Waals surface area contributed by atoms with Gasteiger partial charge in [0, 0.05) is 13.1 Å². The number of aliphatic hydroxyl groups is 1. The summed E-state index contributed by atoms with van der Waals surface area (Å²) in [7, 11) is 0. The van der Waals surface area contributed by atoms with Crippen LogP contribution in [0.4, 0.5) is 4.39 Å². The first-order chi connectivity index (χ1) is 7.17. The summed E-state index contributed by atoms with van der Waals surface area (Å²) in [6, 6.07) is 4.99. The molecule has 0 saturated carbocycles. The lowest BCUT2D eigenvalue weighted by Crippen LogP contribution is -2.26. The largest absolute Gasteiger partial charge is 0.395 e. The van der Waals surface area contributed by atoms with Gasteiger partial charge in [-0.1, -0.05) is 13.0 Å². The first-order valence-corrected chi connectivity index (χ1v) is 5.73. The second kappa shape index (κ2) is 6.20. The number of hydrogen-bond donors (Lipinski definition) is 1. The van der Waals surface area contributed by atoms with Gasteiger partial charge in [-0.25, -0.2) is 4.39 Å². The molecule has 1 N–H and O–H groups in total. The molecule has 0 spiro atoms. The van der Waals surface area contributed by atoms with Crippen LogP contribution < -0.4 is 0 Å². The molecule has 2 nitrogen and oxygen atoms in total. The summed E-state index contributed by atoms with van der Waals surface area (Å²) in [5.74, 6) is -0.246. The topological polar surface area (TPSA) is 23.5 Å². The van der Waals surface area contributed by atoms with Crippen molar-refractivity contribution >= 4 is 15.9 Å². The van der Waals surface area contributed by atoms with E-state index in [4.69, 9.17) is 5.11 Å². The molecule has 0 fully saturated rings. The molecule has 0 unspecified atom stereocenters. The third-order valence-corrected chi connectivity index (χ3v) is 2.86. The number of benzene rings is 1. The summed E-state index contributed by atoms with van der Waals surface area (Å²) < 4.78 is 13.5. The Hall–Kier alpha value is -0.450. The summed E-state index contributed by atoms with van der Waals surface area (Å²) in [6.45, 7) is 4.43. The van der Waals surface area contributed by atoms with Gasteiger partial charge in [0.2, 0.25) is 0 Å². The molecule has 1 rings (SSSR count). The average molecular weight is 276 g/mol. The van der Waals surface area contributed by atoms with Crippen LogP contribution in [0.15, 0.2) is 22.7 Å². The monoisotopic (exact) mass is 275 g/mol. The van der Waals surface area contributed by atoms with Crippen LogP contribution in [0.5, 0.6) is 0 Å². The molecule has 0 bridgehead atoms. The maximum absolute atomic E-state index is 13.0. The molecule has 0 radical (unpaired) electrons. The molecule has 0 aliphatic heterocycles. The zero-order valence-corrected chi connectivity index (χ0v) is 10.3. The predicted octanol–water partition coefficient (Wildman–Crippen LogP) is 2.40. The third kappa shape index (κ3) is 3.89. The second-order valence-electron chi connectivity index (χ2n) is 3.34. The minimum Gasteiger partial charge on any atom is -0.395 e. The number of rotatable bonds is 5. The van der Waals surface area contributed by atoms with Crippen LogP contribution in [0, 0.1) is 5.82 Å². The van der Waals surface area contributed by atoms with Crippen molar-refractivity contribution in [2.75, 3.05) is 19.7 Å². The molecule has 0 saturated heterocycles. The van der Waals surface area contributed by atoms with Gasteiger partial charge in [-0.15, -0.1) is 0 Å². The van der Waals surface area contributed by atoms with Gasteiger partial charge < -0.3 is 5.11 Å². The van der Waals surface area contributed by atoms with E-state index >= 15 is 0 Å². The summed E-state index contributed by atoms with van der Waals surface area (Å²) in [5, 5.41) is 8.83. The van der Waals surface area contributed by atoms with Gasteiger partial charge in [0.05, 0.1) is 11.1 Å². The Kier molecular flexibility index (Phi) is 5.22. The minimum absolute atomic E-state index is 0.149. The quantitative estimate of drug-likeness (QED) is 0.892. The summed E-state index contributed by atoms with van der Waals surface area (Å²) in [6.07, 6.45) is 0. The fraction of sp³-hybridized carbons (Fsp3) is 0.455. The number of aliphatic hydroxyl groups excluding tert-OH is 1. The van der Waals surface area contributed by atoms with Crippen LogP contribution in [0.1, 0.15) is 12.5 Å². The van der Waals surface area contributed by atoms with Crippen molar-refractivity contribution in [3.8, 4) is 0 Å². The van der Waals surface area contributed by atoms with Gasteiger partial charge in [-0.3, -0.25) is 4.90 Å². The smallest absolute Gasteiger partial charge is 0.137 e.